The summed E-state index contributed by atoms with van der Waals surface area (Å²) in [7, 11) is 0. The lowest BCUT2D eigenvalue weighted by molar-refractivity contribution is -0.143. The van der Waals surface area contributed by atoms with E-state index >= 15 is 0 Å². The summed E-state index contributed by atoms with van der Waals surface area (Å²) in [6.07, 6.45) is 0.866. The van der Waals surface area contributed by atoms with E-state index in [1.165, 1.54) is 18.2 Å². The van der Waals surface area contributed by atoms with Crippen LogP contribution < -0.4 is 0 Å². The number of carbonyl (C=O) groups is 2. The molecule has 0 amide bonds. The van der Waals surface area contributed by atoms with Crippen LogP contribution in [0.2, 0.25) is 0 Å². The molecule has 17 heavy (non-hydrogen) atoms. The Balaban J connectivity index is 2.38. The molecule has 0 aliphatic heterocycles. The van der Waals surface area contributed by atoms with Gasteiger partial charge in [-0.1, -0.05) is 12.1 Å². The van der Waals surface area contributed by atoms with E-state index in [9.17, 15) is 14.0 Å². The van der Waals surface area contributed by atoms with Gasteiger partial charge in [-0.3, -0.25) is 9.59 Å². The van der Waals surface area contributed by atoms with E-state index in [0.717, 1.165) is 0 Å². The van der Waals surface area contributed by atoms with E-state index in [-0.39, 0.29) is 24.6 Å². The fourth-order valence-electron chi connectivity index (χ4n) is 1.43. The van der Waals surface area contributed by atoms with Crippen molar-refractivity contribution in [1.82, 2.24) is 0 Å². The molecule has 92 valence electrons. The molecule has 0 unspecified atom stereocenters. The van der Waals surface area contributed by atoms with Gasteiger partial charge in [0, 0.05) is 18.4 Å². The van der Waals surface area contributed by atoms with Crippen molar-refractivity contribution in [2.24, 2.45) is 0 Å². The molecule has 0 atom stereocenters. The molecule has 1 aromatic carbocycles. The van der Waals surface area contributed by atoms with Gasteiger partial charge in [0.1, 0.15) is 5.82 Å². The highest BCUT2D eigenvalue weighted by Gasteiger charge is 2.08. The summed E-state index contributed by atoms with van der Waals surface area (Å²) >= 11 is 0. The number of ketones is 1. The highest BCUT2D eigenvalue weighted by atomic mass is 19.1. The number of hydrogen-bond donors (Lipinski definition) is 0. The molecule has 3 nitrogen and oxygen atoms in total. The van der Waals surface area contributed by atoms with Gasteiger partial charge in [-0.15, -0.1) is 0 Å². The van der Waals surface area contributed by atoms with Gasteiger partial charge < -0.3 is 4.74 Å². The van der Waals surface area contributed by atoms with Crippen LogP contribution in [0.1, 0.15) is 36.5 Å². The minimum atomic E-state index is -0.429. The highest BCUT2D eigenvalue weighted by Crippen LogP contribution is 2.09. The van der Waals surface area contributed by atoms with Gasteiger partial charge in [0.05, 0.1) is 6.61 Å². The number of rotatable bonds is 6. The van der Waals surface area contributed by atoms with E-state index < -0.39 is 5.82 Å². The van der Waals surface area contributed by atoms with E-state index in [4.69, 9.17) is 4.74 Å². The smallest absolute Gasteiger partial charge is 0.305 e. The first-order valence-corrected chi connectivity index (χ1v) is 5.58. The average Bonchev–Trinajstić information content (AvgIpc) is 2.29. The van der Waals surface area contributed by atoms with Crippen LogP contribution in [0, 0.1) is 5.82 Å². The first kappa shape index (κ1) is 13.4. The third-order valence-electron chi connectivity index (χ3n) is 2.24. The zero-order chi connectivity index (χ0) is 12.7. The zero-order valence-electron chi connectivity index (χ0n) is 9.74. The molecule has 0 spiro atoms. The Morgan fingerprint density at radius 1 is 1.29 bits per heavy atom. The maximum Gasteiger partial charge on any atom is 0.305 e. The van der Waals surface area contributed by atoms with Gasteiger partial charge in [0.15, 0.2) is 5.78 Å². The molecule has 0 radical (unpaired) electrons. The summed E-state index contributed by atoms with van der Waals surface area (Å²) < 4.78 is 17.6. The molecule has 0 aliphatic rings. The molecule has 1 rings (SSSR count). The number of Topliss-reactive ketones (excluding diaryl/α,β-unsaturated/α-hetero) is 1. The Morgan fingerprint density at radius 3 is 2.71 bits per heavy atom. The lowest BCUT2D eigenvalue weighted by Crippen LogP contribution is -2.06. The summed E-state index contributed by atoms with van der Waals surface area (Å²) in [6, 6.07) is 5.55. The molecule has 0 saturated carbocycles. The Kier molecular flexibility index (Phi) is 5.33. The third-order valence-corrected chi connectivity index (χ3v) is 2.24. The lowest BCUT2D eigenvalue weighted by Gasteiger charge is -2.02. The molecule has 0 heterocycles. The van der Waals surface area contributed by atoms with Crippen molar-refractivity contribution >= 4 is 11.8 Å². The molecular weight excluding hydrogens is 223 g/mol. The first-order valence-electron chi connectivity index (χ1n) is 5.58. The number of esters is 1. The van der Waals surface area contributed by atoms with Crippen LogP contribution in [0.5, 0.6) is 0 Å². The Morgan fingerprint density at radius 2 is 2.06 bits per heavy atom. The highest BCUT2D eigenvalue weighted by molar-refractivity contribution is 5.96. The summed E-state index contributed by atoms with van der Waals surface area (Å²) in [5.41, 5.74) is 0.342. The van der Waals surface area contributed by atoms with Gasteiger partial charge >= 0.3 is 5.97 Å². The van der Waals surface area contributed by atoms with Gasteiger partial charge in [-0.2, -0.15) is 0 Å². The predicted octanol–water partition coefficient (Wildman–Crippen LogP) is 2.74. The number of carbonyl (C=O) groups excluding carboxylic acids is 2. The minimum Gasteiger partial charge on any atom is -0.466 e. The van der Waals surface area contributed by atoms with Crippen molar-refractivity contribution in [1.29, 1.82) is 0 Å². The summed E-state index contributed by atoms with van der Waals surface area (Å²) in [4.78, 5) is 22.6. The van der Waals surface area contributed by atoms with Crippen LogP contribution in [-0.2, 0) is 9.53 Å². The van der Waals surface area contributed by atoms with Gasteiger partial charge in [-0.05, 0) is 25.5 Å². The third kappa shape index (κ3) is 4.76. The molecule has 0 fully saturated rings. The molecule has 0 aromatic heterocycles. The van der Waals surface area contributed by atoms with Crippen molar-refractivity contribution in [3.63, 3.8) is 0 Å². The molecule has 0 aliphatic carbocycles. The van der Waals surface area contributed by atoms with Gasteiger partial charge in [0.25, 0.3) is 0 Å². The minimum absolute atomic E-state index is 0.159. The van der Waals surface area contributed by atoms with Crippen molar-refractivity contribution in [2.45, 2.75) is 26.2 Å². The monoisotopic (exact) mass is 238 g/mol. The number of ether oxygens (including phenoxy) is 1. The number of halogens is 1. The van der Waals surface area contributed by atoms with Crippen molar-refractivity contribution in [3.05, 3.63) is 35.6 Å². The second kappa shape index (κ2) is 6.78. The second-order valence-corrected chi connectivity index (χ2v) is 3.59. The SMILES string of the molecule is CCOC(=O)CCCC(=O)c1cccc(F)c1. The van der Waals surface area contributed by atoms with Crippen molar-refractivity contribution < 1.29 is 18.7 Å². The van der Waals surface area contributed by atoms with Crippen LogP contribution in [0.4, 0.5) is 4.39 Å². The fourth-order valence-corrected chi connectivity index (χ4v) is 1.43. The normalized spacial score (nSPS) is 10.0. The molecule has 4 heteroatoms. The topological polar surface area (TPSA) is 43.4 Å². The van der Waals surface area contributed by atoms with Crippen molar-refractivity contribution in [2.75, 3.05) is 6.61 Å². The molecule has 0 saturated heterocycles. The summed E-state index contributed by atoms with van der Waals surface area (Å²) in [6.45, 7) is 2.08. The summed E-state index contributed by atoms with van der Waals surface area (Å²) in [5, 5.41) is 0. The summed E-state index contributed by atoms with van der Waals surface area (Å²) in [5.74, 6) is -0.894. The molecule has 0 bridgehead atoms. The average molecular weight is 238 g/mol. The fraction of sp³-hybridized carbons (Fsp3) is 0.385. The second-order valence-electron chi connectivity index (χ2n) is 3.59. The first-order chi connectivity index (χ1) is 8.13. The van der Waals surface area contributed by atoms with Crippen LogP contribution in [-0.4, -0.2) is 18.4 Å². The lowest BCUT2D eigenvalue weighted by atomic mass is 10.1. The van der Waals surface area contributed by atoms with Crippen LogP contribution in [0.3, 0.4) is 0 Å². The van der Waals surface area contributed by atoms with E-state index in [2.05, 4.69) is 0 Å². The van der Waals surface area contributed by atoms with E-state index in [0.29, 0.717) is 18.6 Å². The molecule has 0 N–H and O–H groups in total. The standard InChI is InChI=1S/C13H15FO3/c1-2-17-13(16)8-4-7-12(15)10-5-3-6-11(14)9-10/h3,5-6,9H,2,4,7-8H2,1H3. The van der Waals surface area contributed by atoms with E-state index in [1.807, 2.05) is 0 Å². The number of hydrogen-bond acceptors (Lipinski definition) is 3. The quantitative estimate of drug-likeness (QED) is 0.565. The molecule has 1 aromatic rings. The maximum atomic E-state index is 12.9. The van der Waals surface area contributed by atoms with Crippen molar-refractivity contribution in [3.8, 4) is 0 Å². The number of benzene rings is 1. The van der Waals surface area contributed by atoms with Gasteiger partial charge in [0.2, 0.25) is 0 Å². The zero-order valence-corrected chi connectivity index (χ0v) is 9.74. The van der Waals surface area contributed by atoms with Gasteiger partial charge in [-0.25, -0.2) is 4.39 Å². The molecular formula is C13H15FO3. The Bertz CT molecular complexity index is 401. The Labute approximate surface area is 99.6 Å². The Hall–Kier alpha value is -1.71. The largest absolute Gasteiger partial charge is 0.466 e. The van der Waals surface area contributed by atoms with Crippen LogP contribution in [0.25, 0.3) is 0 Å². The van der Waals surface area contributed by atoms with E-state index in [1.54, 1.807) is 13.0 Å². The van der Waals surface area contributed by atoms with Crippen LogP contribution >= 0.6 is 0 Å². The predicted molar refractivity (Wildman–Crippen MR) is 61.2 cm³/mol. The van der Waals surface area contributed by atoms with Crippen LogP contribution in [0.15, 0.2) is 24.3 Å². The maximum absolute atomic E-state index is 12.9.